The van der Waals surface area contributed by atoms with Crippen LogP contribution >= 0.6 is 0 Å². The van der Waals surface area contributed by atoms with Gasteiger partial charge in [-0.05, 0) is 61.2 Å². The van der Waals surface area contributed by atoms with Gasteiger partial charge in [-0.2, -0.15) is 5.26 Å². The Morgan fingerprint density at radius 2 is 2.00 bits per heavy atom. The second kappa shape index (κ2) is 6.58. The molecule has 1 aliphatic heterocycles. The summed E-state index contributed by atoms with van der Waals surface area (Å²) in [7, 11) is 0. The molecule has 25 heavy (non-hydrogen) atoms. The predicted molar refractivity (Wildman–Crippen MR) is 93.4 cm³/mol. The fraction of sp³-hybridized carbons (Fsp3) is 0.300. The first-order chi connectivity index (χ1) is 12.2. The normalized spacial score (nSPS) is 23.9. The first kappa shape index (κ1) is 15.7. The zero-order valence-corrected chi connectivity index (χ0v) is 13.7. The summed E-state index contributed by atoms with van der Waals surface area (Å²) in [5.74, 6) is 1.76. The van der Waals surface area contributed by atoms with Crippen molar-refractivity contribution in [3.05, 3.63) is 59.7 Å². The molecular formula is C20H19N3O2. The average Bonchev–Trinajstić information content (AvgIpc) is 3.25. The topological polar surface area (TPSA) is 74.1 Å². The summed E-state index contributed by atoms with van der Waals surface area (Å²) in [6, 6.07) is 17.0. The van der Waals surface area contributed by atoms with Gasteiger partial charge in [-0.3, -0.25) is 4.79 Å². The second-order valence-electron chi connectivity index (χ2n) is 6.68. The van der Waals surface area contributed by atoms with Crippen molar-refractivity contribution in [2.45, 2.75) is 24.9 Å². The van der Waals surface area contributed by atoms with Crippen molar-refractivity contribution in [2.24, 2.45) is 5.92 Å². The third kappa shape index (κ3) is 3.35. The Kier molecular flexibility index (Phi) is 4.12. The van der Waals surface area contributed by atoms with Crippen LogP contribution in [0.25, 0.3) is 0 Å². The lowest BCUT2D eigenvalue weighted by Gasteiger charge is -2.23. The van der Waals surface area contributed by atoms with E-state index in [-0.39, 0.29) is 11.9 Å². The lowest BCUT2D eigenvalue weighted by atomic mass is 10.0. The van der Waals surface area contributed by atoms with Gasteiger partial charge in [0.2, 0.25) is 0 Å². The minimum Gasteiger partial charge on any atom is -0.457 e. The molecule has 0 radical (unpaired) electrons. The van der Waals surface area contributed by atoms with E-state index in [2.05, 4.69) is 16.7 Å². The smallest absolute Gasteiger partial charge is 0.251 e. The van der Waals surface area contributed by atoms with Crippen molar-refractivity contribution in [3.63, 3.8) is 0 Å². The molecule has 3 atom stereocenters. The molecule has 1 heterocycles. The Bertz CT molecular complexity index is 826. The van der Waals surface area contributed by atoms with Gasteiger partial charge in [-0.1, -0.05) is 6.07 Å². The number of hydrogen-bond donors (Lipinski definition) is 2. The molecule has 5 nitrogen and oxygen atoms in total. The van der Waals surface area contributed by atoms with Crippen LogP contribution in [-0.4, -0.2) is 24.5 Å². The molecule has 4 rings (SSSR count). The van der Waals surface area contributed by atoms with Crippen molar-refractivity contribution in [3.8, 4) is 17.6 Å². The number of nitrogens with zero attached hydrogens (tertiary/aromatic N) is 1. The van der Waals surface area contributed by atoms with Gasteiger partial charge in [-0.15, -0.1) is 0 Å². The molecule has 1 saturated carbocycles. The second-order valence-corrected chi connectivity index (χ2v) is 6.68. The maximum Gasteiger partial charge on any atom is 0.251 e. The highest BCUT2D eigenvalue weighted by atomic mass is 16.5. The Hall–Kier alpha value is -2.84. The summed E-state index contributed by atoms with van der Waals surface area (Å²) in [6.07, 6.45) is 2.19. The minimum absolute atomic E-state index is 0.0319. The van der Waals surface area contributed by atoms with Gasteiger partial charge >= 0.3 is 0 Å². The number of hydrogen-bond acceptors (Lipinski definition) is 4. The van der Waals surface area contributed by atoms with Crippen molar-refractivity contribution >= 4 is 5.91 Å². The molecule has 2 aliphatic rings. The lowest BCUT2D eigenvalue weighted by Crippen LogP contribution is -2.44. The van der Waals surface area contributed by atoms with E-state index in [1.807, 2.05) is 0 Å². The van der Waals surface area contributed by atoms with E-state index in [4.69, 9.17) is 10.00 Å². The number of piperidine rings is 1. The number of rotatable bonds is 4. The highest BCUT2D eigenvalue weighted by Gasteiger charge is 2.40. The summed E-state index contributed by atoms with van der Waals surface area (Å²) in [5, 5.41) is 15.5. The van der Waals surface area contributed by atoms with Crippen LogP contribution in [0.2, 0.25) is 0 Å². The number of amides is 1. The molecule has 2 aromatic rings. The molecular weight excluding hydrogens is 314 g/mol. The standard InChI is InChI=1S/C20H19N3O2/c21-11-13-2-1-3-18(8-13)25-17-6-4-14(5-7-17)20(24)23-19-10-16-9-15(19)12-22-16/h1-8,15-16,19,22H,9-10,12H2,(H,23,24). The first-order valence-corrected chi connectivity index (χ1v) is 8.53. The summed E-state index contributed by atoms with van der Waals surface area (Å²) >= 11 is 0. The van der Waals surface area contributed by atoms with Crippen LogP contribution in [0.5, 0.6) is 11.5 Å². The third-order valence-electron chi connectivity index (χ3n) is 5.00. The van der Waals surface area contributed by atoms with E-state index < -0.39 is 0 Å². The number of carbonyl (C=O) groups excluding carboxylic acids is 1. The third-order valence-corrected chi connectivity index (χ3v) is 5.00. The zero-order chi connectivity index (χ0) is 17.2. The van der Waals surface area contributed by atoms with E-state index >= 15 is 0 Å². The first-order valence-electron chi connectivity index (χ1n) is 8.53. The highest BCUT2D eigenvalue weighted by Crippen LogP contribution is 2.31. The van der Waals surface area contributed by atoms with Gasteiger partial charge in [0.1, 0.15) is 11.5 Å². The summed E-state index contributed by atoms with van der Waals surface area (Å²) in [4.78, 5) is 12.4. The van der Waals surface area contributed by atoms with Gasteiger partial charge in [-0.25, -0.2) is 0 Å². The van der Waals surface area contributed by atoms with Crippen molar-refractivity contribution in [2.75, 3.05) is 6.54 Å². The largest absolute Gasteiger partial charge is 0.457 e. The SMILES string of the molecule is N#Cc1cccc(Oc2ccc(C(=O)NC3CC4CC3CN4)cc2)c1. The van der Waals surface area contributed by atoms with Gasteiger partial charge in [0.05, 0.1) is 11.6 Å². The number of carbonyl (C=O) groups is 1. The molecule has 2 N–H and O–H groups in total. The van der Waals surface area contributed by atoms with Crippen LogP contribution in [0.1, 0.15) is 28.8 Å². The van der Waals surface area contributed by atoms with Crippen molar-refractivity contribution in [1.82, 2.24) is 10.6 Å². The van der Waals surface area contributed by atoms with Crippen LogP contribution in [0.3, 0.4) is 0 Å². The minimum atomic E-state index is -0.0319. The van der Waals surface area contributed by atoms with Crippen LogP contribution < -0.4 is 15.4 Å². The van der Waals surface area contributed by atoms with E-state index in [0.29, 0.717) is 34.6 Å². The van der Waals surface area contributed by atoms with E-state index in [9.17, 15) is 4.79 Å². The van der Waals surface area contributed by atoms with Crippen molar-refractivity contribution in [1.29, 1.82) is 5.26 Å². The average molecular weight is 333 g/mol. The monoisotopic (exact) mass is 333 g/mol. The molecule has 2 bridgehead atoms. The van der Waals surface area contributed by atoms with Crippen LogP contribution in [0.15, 0.2) is 48.5 Å². The summed E-state index contributed by atoms with van der Waals surface area (Å²) < 4.78 is 5.74. The lowest BCUT2D eigenvalue weighted by molar-refractivity contribution is 0.0925. The van der Waals surface area contributed by atoms with Gasteiger partial charge in [0, 0.05) is 24.2 Å². The molecule has 126 valence electrons. The van der Waals surface area contributed by atoms with Gasteiger partial charge < -0.3 is 15.4 Å². The number of nitrogens with one attached hydrogen (secondary N) is 2. The molecule has 2 aromatic carbocycles. The maximum atomic E-state index is 12.4. The molecule has 0 aromatic heterocycles. The van der Waals surface area contributed by atoms with Crippen LogP contribution in [0, 0.1) is 17.2 Å². The van der Waals surface area contributed by atoms with Crippen molar-refractivity contribution < 1.29 is 9.53 Å². The molecule has 2 fully saturated rings. The van der Waals surface area contributed by atoms with E-state index in [0.717, 1.165) is 13.0 Å². The number of benzene rings is 2. The number of fused-ring (bicyclic) bond motifs is 2. The fourth-order valence-electron chi connectivity index (χ4n) is 3.70. The molecule has 5 heteroatoms. The Labute approximate surface area is 146 Å². The highest BCUT2D eigenvalue weighted by molar-refractivity contribution is 5.94. The Balaban J connectivity index is 1.39. The Morgan fingerprint density at radius 1 is 1.16 bits per heavy atom. The molecule has 3 unspecified atom stereocenters. The quantitative estimate of drug-likeness (QED) is 0.902. The van der Waals surface area contributed by atoms with Crippen LogP contribution in [-0.2, 0) is 0 Å². The number of nitriles is 1. The van der Waals surface area contributed by atoms with Gasteiger partial charge in [0.15, 0.2) is 0 Å². The fourth-order valence-corrected chi connectivity index (χ4v) is 3.70. The zero-order valence-electron chi connectivity index (χ0n) is 13.7. The summed E-state index contributed by atoms with van der Waals surface area (Å²) in [6.45, 7) is 1.00. The van der Waals surface area contributed by atoms with E-state index in [1.165, 1.54) is 6.42 Å². The molecule has 1 amide bonds. The van der Waals surface area contributed by atoms with Gasteiger partial charge in [0.25, 0.3) is 5.91 Å². The molecule has 1 saturated heterocycles. The Morgan fingerprint density at radius 3 is 2.68 bits per heavy atom. The van der Waals surface area contributed by atoms with E-state index in [1.54, 1.807) is 48.5 Å². The van der Waals surface area contributed by atoms with Crippen LogP contribution in [0.4, 0.5) is 0 Å². The molecule has 0 spiro atoms. The number of ether oxygens (including phenoxy) is 1. The maximum absolute atomic E-state index is 12.4. The molecule has 1 aliphatic carbocycles. The summed E-state index contributed by atoms with van der Waals surface area (Å²) in [5.41, 5.74) is 1.18. The predicted octanol–water partition coefficient (Wildman–Crippen LogP) is 2.83.